The molecule has 164 valence electrons. The molecule has 4 fully saturated rings. The molecule has 3 saturated carbocycles. The standard InChI is InChI=1S/C21H27ClFN3O3S/c1-2-13-10-30-21(24-13)20(28)26-18-8-17(11-5-12(18)6-11)25-19(27)9-29-14-3-4-15(22)16(23)7-14/h3-4,7,11-13,17-18,21,24H,2,5-6,8-10H2,1H3,(H,25,27)(H,26,28)/t11?,12?,13?,17-,18+,21?/m0/s1. The van der Waals surface area contributed by atoms with E-state index in [-0.39, 0.29) is 46.7 Å². The van der Waals surface area contributed by atoms with Crippen molar-refractivity contribution in [2.45, 2.75) is 56.1 Å². The fourth-order valence-electron chi connectivity index (χ4n) is 4.51. The van der Waals surface area contributed by atoms with Crippen molar-refractivity contribution in [3.63, 3.8) is 0 Å². The minimum Gasteiger partial charge on any atom is -0.484 e. The third-order valence-corrected chi connectivity index (χ3v) is 7.96. The molecule has 0 aromatic heterocycles. The molecule has 1 aromatic rings. The highest BCUT2D eigenvalue weighted by Crippen LogP contribution is 2.46. The molecule has 9 heteroatoms. The quantitative estimate of drug-likeness (QED) is 0.589. The summed E-state index contributed by atoms with van der Waals surface area (Å²) in [5.74, 6) is 1.38. The van der Waals surface area contributed by atoms with Gasteiger partial charge >= 0.3 is 0 Å². The average Bonchev–Trinajstić information content (AvgIpc) is 3.17. The van der Waals surface area contributed by atoms with Gasteiger partial charge in [-0.05, 0) is 49.7 Å². The Kier molecular flexibility index (Phi) is 6.75. The zero-order chi connectivity index (χ0) is 21.3. The van der Waals surface area contributed by atoms with Crippen LogP contribution in [-0.2, 0) is 9.59 Å². The van der Waals surface area contributed by atoms with Crippen molar-refractivity contribution in [1.29, 1.82) is 0 Å². The topological polar surface area (TPSA) is 79.5 Å². The van der Waals surface area contributed by atoms with Crippen LogP contribution in [0.3, 0.4) is 0 Å². The molecule has 0 radical (unpaired) electrons. The molecule has 1 aliphatic heterocycles. The lowest BCUT2D eigenvalue weighted by molar-refractivity contribution is -0.126. The van der Waals surface area contributed by atoms with E-state index in [2.05, 4.69) is 22.9 Å². The number of amides is 2. The van der Waals surface area contributed by atoms with Gasteiger partial charge in [-0.3, -0.25) is 14.9 Å². The minimum absolute atomic E-state index is 0.0121. The molecule has 6 nitrogen and oxygen atoms in total. The van der Waals surface area contributed by atoms with E-state index < -0.39 is 5.82 Å². The van der Waals surface area contributed by atoms with Gasteiger partial charge in [-0.2, -0.15) is 0 Å². The Bertz CT molecular complexity index is 808. The molecule has 4 atom stereocenters. The smallest absolute Gasteiger partial charge is 0.258 e. The first kappa shape index (κ1) is 21.7. The first-order valence-electron chi connectivity index (χ1n) is 10.5. The molecule has 4 aliphatic rings. The summed E-state index contributed by atoms with van der Waals surface area (Å²) in [4.78, 5) is 25.0. The molecule has 1 heterocycles. The lowest BCUT2D eigenvalue weighted by atomic mass is 9.60. The minimum atomic E-state index is -0.582. The maximum absolute atomic E-state index is 13.5. The van der Waals surface area contributed by atoms with Crippen LogP contribution in [0.5, 0.6) is 5.75 Å². The van der Waals surface area contributed by atoms with Gasteiger partial charge in [0.1, 0.15) is 16.9 Å². The monoisotopic (exact) mass is 455 g/mol. The lowest BCUT2D eigenvalue weighted by Gasteiger charge is -2.51. The Hall–Kier alpha value is -1.51. The molecule has 5 rings (SSSR count). The average molecular weight is 456 g/mol. The number of halogens is 2. The van der Waals surface area contributed by atoms with E-state index in [0.29, 0.717) is 17.9 Å². The van der Waals surface area contributed by atoms with E-state index in [1.54, 1.807) is 11.8 Å². The predicted molar refractivity (Wildman–Crippen MR) is 115 cm³/mol. The molecule has 3 N–H and O–H groups in total. The van der Waals surface area contributed by atoms with Crippen LogP contribution < -0.4 is 20.7 Å². The van der Waals surface area contributed by atoms with Crippen LogP contribution in [0.1, 0.15) is 32.6 Å². The molecule has 1 aromatic carbocycles. The van der Waals surface area contributed by atoms with Gasteiger partial charge in [-0.1, -0.05) is 18.5 Å². The van der Waals surface area contributed by atoms with Gasteiger partial charge in [0, 0.05) is 29.9 Å². The normalized spacial score (nSPS) is 32.2. The Labute approximate surface area is 185 Å². The number of carbonyl (C=O) groups is 2. The van der Waals surface area contributed by atoms with Gasteiger partial charge in [-0.25, -0.2) is 4.39 Å². The van der Waals surface area contributed by atoms with Crippen molar-refractivity contribution >= 4 is 35.2 Å². The van der Waals surface area contributed by atoms with E-state index in [1.807, 2.05) is 0 Å². The van der Waals surface area contributed by atoms with Crippen molar-refractivity contribution in [2.75, 3.05) is 12.4 Å². The number of nitrogens with one attached hydrogen (secondary N) is 3. The Morgan fingerprint density at radius 1 is 1.23 bits per heavy atom. The van der Waals surface area contributed by atoms with Crippen molar-refractivity contribution in [3.05, 3.63) is 29.0 Å². The number of thioether (sulfide) groups is 1. The molecule has 0 spiro atoms. The van der Waals surface area contributed by atoms with Crippen LogP contribution in [0.15, 0.2) is 18.2 Å². The second-order valence-electron chi connectivity index (χ2n) is 8.37. The number of hydrogen-bond acceptors (Lipinski definition) is 5. The number of fused-ring (bicyclic) bond motifs is 2. The van der Waals surface area contributed by atoms with E-state index in [0.717, 1.165) is 37.5 Å². The number of hydrogen-bond donors (Lipinski definition) is 3. The molecule has 3 aliphatic carbocycles. The summed E-state index contributed by atoms with van der Waals surface area (Å²) in [6, 6.07) is 4.59. The van der Waals surface area contributed by atoms with Gasteiger partial charge in [0.25, 0.3) is 5.91 Å². The number of carbonyl (C=O) groups excluding carboxylic acids is 2. The first-order valence-corrected chi connectivity index (χ1v) is 11.9. The van der Waals surface area contributed by atoms with Gasteiger partial charge < -0.3 is 15.4 Å². The maximum atomic E-state index is 13.5. The third kappa shape index (κ3) is 4.86. The maximum Gasteiger partial charge on any atom is 0.258 e. The molecule has 2 bridgehead atoms. The highest BCUT2D eigenvalue weighted by atomic mass is 35.5. The highest BCUT2D eigenvalue weighted by Gasteiger charge is 2.47. The van der Waals surface area contributed by atoms with Gasteiger partial charge in [0.15, 0.2) is 6.61 Å². The van der Waals surface area contributed by atoms with Crippen molar-refractivity contribution in [3.8, 4) is 5.75 Å². The second-order valence-corrected chi connectivity index (χ2v) is 9.91. The summed E-state index contributed by atoms with van der Waals surface area (Å²) in [5.41, 5.74) is 0. The van der Waals surface area contributed by atoms with Crippen LogP contribution in [0.2, 0.25) is 5.02 Å². The Morgan fingerprint density at radius 2 is 1.97 bits per heavy atom. The first-order chi connectivity index (χ1) is 14.4. The number of benzene rings is 1. The zero-order valence-electron chi connectivity index (χ0n) is 16.8. The number of ether oxygens (including phenoxy) is 1. The van der Waals surface area contributed by atoms with E-state index in [1.165, 1.54) is 12.1 Å². The fourth-order valence-corrected chi connectivity index (χ4v) is 5.89. The van der Waals surface area contributed by atoms with Crippen LogP contribution in [0.4, 0.5) is 4.39 Å². The van der Waals surface area contributed by atoms with E-state index >= 15 is 0 Å². The zero-order valence-corrected chi connectivity index (χ0v) is 18.4. The van der Waals surface area contributed by atoms with Gasteiger partial charge in [0.05, 0.1) is 5.02 Å². The Balaban J connectivity index is 1.25. The van der Waals surface area contributed by atoms with Gasteiger partial charge in [-0.15, -0.1) is 11.8 Å². The molecule has 2 unspecified atom stereocenters. The van der Waals surface area contributed by atoms with Crippen LogP contribution >= 0.6 is 23.4 Å². The summed E-state index contributed by atoms with van der Waals surface area (Å²) in [7, 11) is 0. The largest absolute Gasteiger partial charge is 0.484 e. The molecule has 30 heavy (non-hydrogen) atoms. The SMILES string of the molecule is CCC1CSC(C(=O)N[C@@H]2C[C@H](NC(=O)COc3ccc(Cl)c(F)c3)C3CC2C3)N1. The molecule has 2 amide bonds. The summed E-state index contributed by atoms with van der Waals surface area (Å²) in [6.07, 6.45) is 3.78. The van der Waals surface area contributed by atoms with Crippen LogP contribution in [-0.4, -0.2) is 47.7 Å². The molecular formula is C21H27ClFN3O3S. The molecule has 1 saturated heterocycles. The molecular weight excluding hydrogens is 429 g/mol. The van der Waals surface area contributed by atoms with Crippen molar-refractivity contribution in [1.82, 2.24) is 16.0 Å². The lowest BCUT2D eigenvalue weighted by Crippen LogP contribution is -2.61. The highest BCUT2D eigenvalue weighted by molar-refractivity contribution is 8.00. The van der Waals surface area contributed by atoms with E-state index in [9.17, 15) is 14.0 Å². The van der Waals surface area contributed by atoms with Gasteiger partial charge in [0.2, 0.25) is 5.91 Å². The third-order valence-electron chi connectivity index (χ3n) is 6.37. The van der Waals surface area contributed by atoms with Crippen molar-refractivity contribution in [2.24, 2.45) is 11.8 Å². The summed E-state index contributed by atoms with van der Waals surface area (Å²) < 4.78 is 18.9. The number of rotatable bonds is 7. The predicted octanol–water partition coefficient (Wildman–Crippen LogP) is 2.70. The summed E-state index contributed by atoms with van der Waals surface area (Å²) in [5, 5.41) is 9.44. The fraction of sp³-hybridized carbons (Fsp3) is 0.619. The summed E-state index contributed by atoms with van der Waals surface area (Å²) in [6.45, 7) is 1.93. The van der Waals surface area contributed by atoms with E-state index in [4.69, 9.17) is 16.3 Å². The van der Waals surface area contributed by atoms with Crippen LogP contribution in [0, 0.1) is 17.7 Å². The van der Waals surface area contributed by atoms with Crippen molar-refractivity contribution < 1.29 is 18.7 Å². The Morgan fingerprint density at radius 3 is 2.63 bits per heavy atom. The summed E-state index contributed by atoms with van der Waals surface area (Å²) >= 11 is 7.31. The van der Waals surface area contributed by atoms with Crippen LogP contribution in [0.25, 0.3) is 0 Å². The second kappa shape index (κ2) is 9.32.